The predicted molar refractivity (Wildman–Crippen MR) is 223 cm³/mol. The molecule has 1 atom stereocenters. The Kier molecular flexibility index (Phi) is 43.9. The summed E-state index contributed by atoms with van der Waals surface area (Å²) in [4.78, 5) is 24.9. The van der Waals surface area contributed by atoms with Gasteiger partial charge in [-0.1, -0.05) is 20.4 Å². The summed E-state index contributed by atoms with van der Waals surface area (Å²) in [6, 6.07) is -0.455. The minimum Gasteiger partial charge on any atom is -0.386 e. The number of hydrogen-bond donors (Lipinski definition) is 3. The number of nitrogens with one attached hydrogen (secondary N) is 3. The van der Waals surface area contributed by atoms with Gasteiger partial charge in [0.25, 0.3) is 0 Å². The van der Waals surface area contributed by atoms with Crippen LogP contribution in [-0.4, -0.2) is 203 Å². The minimum absolute atomic E-state index is 0.137. The van der Waals surface area contributed by atoms with Gasteiger partial charge in [-0.25, -0.2) is 0 Å². The Morgan fingerprint density at radius 1 is 0.475 bits per heavy atom. The Morgan fingerprint density at radius 3 is 1.42 bits per heavy atom. The Hall–Kier alpha value is -2.04. The van der Waals surface area contributed by atoms with Gasteiger partial charge in [-0.05, 0) is 26.2 Å². The van der Waals surface area contributed by atoms with Crippen LogP contribution >= 0.6 is 0 Å². The van der Waals surface area contributed by atoms with Crippen molar-refractivity contribution in [2.24, 2.45) is 5.92 Å². The van der Waals surface area contributed by atoms with E-state index in [0.29, 0.717) is 151 Å². The summed E-state index contributed by atoms with van der Waals surface area (Å²) in [5.74, 6) is 0.127. The van der Waals surface area contributed by atoms with E-state index in [9.17, 15) is 9.59 Å². The molecule has 0 aromatic rings. The van der Waals surface area contributed by atoms with Crippen molar-refractivity contribution in [1.82, 2.24) is 16.0 Å². The van der Waals surface area contributed by atoms with Crippen LogP contribution in [0.1, 0.15) is 47.0 Å². The molecule has 0 radical (unpaired) electrons. The van der Waals surface area contributed by atoms with E-state index in [0.717, 1.165) is 12.1 Å². The highest BCUT2D eigenvalue weighted by Gasteiger charge is 2.14. The van der Waals surface area contributed by atoms with Crippen LogP contribution in [0.5, 0.6) is 0 Å². The first-order valence-corrected chi connectivity index (χ1v) is 21.2. The van der Waals surface area contributed by atoms with Gasteiger partial charge in [-0.2, -0.15) is 0 Å². The second-order valence-corrected chi connectivity index (χ2v) is 13.8. The van der Waals surface area contributed by atoms with Crippen molar-refractivity contribution in [3.63, 3.8) is 0 Å². The van der Waals surface area contributed by atoms with Crippen LogP contribution in [0, 0.1) is 5.92 Å². The van der Waals surface area contributed by atoms with E-state index in [1.54, 1.807) is 7.11 Å². The highest BCUT2D eigenvalue weighted by molar-refractivity contribution is 5.77. The minimum atomic E-state index is -0.455. The van der Waals surface area contributed by atoms with Gasteiger partial charge in [-0.3, -0.25) is 9.59 Å². The fourth-order valence-electron chi connectivity index (χ4n) is 4.44. The molecular formula is C41H81N3O15. The van der Waals surface area contributed by atoms with Gasteiger partial charge in [0.1, 0.15) is 6.61 Å². The Balaban J connectivity index is 4.26. The highest BCUT2D eigenvalue weighted by atomic mass is 16.6. The average Bonchev–Trinajstić information content (AvgIpc) is 3.20. The van der Waals surface area contributed by atoms with Crippen molar-refractivity contribution in [2.45, 2.75) is 59.1 Å². The van der Waals surface area contributed by atoms with Crippen LogP contribution in [0.2, 0.25) is 0 Å². The third-order valence-corrected chi connectivity index (χ3v) is 7.63. The molecule has 3 N–H and O–H groups in total. The molecule has 0 aliphatic carbocycles. The maximum absolute atomic E-state index is 12.6. The maximum atomic E-state index is 12.6. The van der Waals surface area contributed by atoms with Crippen LogP contribution in [-0.2, 0) is 71.2 Å². The second kappa shape index (κ2) is 45.5. The fourth-order valence-corrected chi connectivity index (χ4v) is 4.44. The molecule has 18 heteroatoms. The molecule has 0 bridgehead atoms. The first kappa shape index (κ1) is 57.0. The number of amides is 2. The SMILES string of the molecule is C=C(CCOCC(COCCC(=O)NCCOCCOCCOCCOC)NC(=O)COCCOCCOCCC(C)C)NCCOCCOCCOCCOC(C)C. The average molecular weight is 856 g/mol. The standard InChI is InChI=1S/C41H81N3O15/c1-36(2)7-12-48-19-22-54-29-30-58-35-41(46)44-39(34-57-14-9-40(45)43-11-16-50-21-24-52-26-25-51-18-17-47-6)33-56-13-8-38(5)42-10-15-49-20-23-53-27-28-55-31-32-59-37(3)4/h36-37,39,42H,5,7-35H2,1-4,6H3,(H,43,45)(H,44,46). The number of carbonyl (C=O) groups excluding carboxylic acids is 2. The maximum Gasteiger partial charge on any atom is 0.246 e. The molecule has 0 aliphatic heterocycles. The van der Waals surface area contributed by atoms with E-state index in [1.807, 2.05) is 13.8 Å². The lowest BCUT2D eigenvalue weighted by atomic mass is 10.1. The molecule has 0 spiro atoms. The summed E-state index contributed by atoms with van der Waals surface area (Å²) >= 11 is 0. The van der Waals surface area contributed by atoms with E-state index >= 15 is 0 Å². The molecule has 0 aromatic carbocycles. The van der Waals surface area contributed by atoms with Crippen LogP contribution in [0.15, 0.2) is 12.3 Å². The number of rotatable bonds is 48. The van der Waals surface area contributed by atoms with Gasteiger partial charge in [0.2, 0.25) is 11.8 Å². The lowest BCUT2D eigenvalue weighted by Gasteiger charge is -2.19. The van der Waals surface area contributed by atoms with Crippen LogP contribution < -0.4 is 16.0 Å². The molecule has 0 saturated carbocycles. The van der Waals surface area contributed by atoms with Crippen molar-refractivity contribution in [3.8, 4) is 0 Å². The zero-order valence-corrected chi connectivity index (χ0v) is 37.1. The molecule has 1 unspecified atom stereocenters. The Labute approximate surface area is 354 Å². The molecule has 0 saturated heterocycles. The van der Waals surface area contributed by atoms with Crippen molar-refractivity contribution < 1.29 is 71.2 Å². The third kappa shape index (κ3) is 46.9. The van der Waals surface area contributed by atoms with Crippen molar-refractivity contribution >= 4 is 11.8 Å². The number of methoxy groups -OCH3 is 1. The summed E-state index contributed by atoms with van der Waals surface area (Å²) in [5, 5.41) is 8.93. The Bertz CT molecular complexity index is 937. The molecular weight excluding hydrogens is 774 g/mol. The zero-order chi connectivity index (χ0) is 43.3. The van der Waals surface area contributed by atoms with Gasteiger partial charge in [-0.15, -0.1) is 0 Å². The lowest BCUT2D eigenvalue weighted by Crippen LogP contribution is -2.43. The van der Waals surface area contributed by atoms with Gasteiger partial charge >= 0.3 is 0 Å². The van der Waals surface area contributed by atoms with Crippen LogP contribution in [0.25, 0.3) is 0 Å². The normalized spacial score (nSPS) is 12.1. The molecule has 0 aromatic heterocycles. The summed E-state index contributed by atoms with van der Waals surface area (Å²) < 4.78 is 71.2. The summed E-state index contributed by atoms with van der Waals surface area (Å²) in [7, 11) is 1.63. The quantitative estimate of drug-likeness (QED) is 0.0751. The molecule has 350 valence electrons. The second-order valence-electron chi connectivity index (χ2n) is 13.8. The van der Waals surface area contributed by atoms with Gasteiger partial charge in [0.15, 0.2) is 0 Å². The molecule has 0 heterocycles. The third-order valence-electron chi connectivity index (χ3n) is 7.63. The van der Waals surface area contributed by atoms with Crippen LogP contribution in [0.3, 0.4) is 0 Å². The summed E-state index contributed by atoms with van der Waals surface area (Å²) in [5.41, 5.74) is 0.808. The summed E-state index contributed by atoms with van der Waals surface area (Å²) in [6.45, 7) is 23.4. The van der Waals surface area contributed by atoms with E-state index in [2.05, 4.69) is 36.4 Å². The van der Waals surface area contributed by atoms with Gasteiger partial charge < -0.3 is 77.5 Å². The van der Waals surface area contributed by atoms with Gasteiger partial charge in [0, 0.05) is 45.3 Å². The smallest absolute Gasteiger partial charge is 0.246 e. The van der Waals surface area contributed by atoms with E-state index < -0.39 is 6.04 Å². The highest BCUT2D eigenvalue weighted by Crippen LogP contribution is 1.99. The topological polar surface area (TPSA) is 190 Å². The van der Waals surface area contributed by atoms with E-state index in [4.69, 9.17) is 61.6 Å². The van der Waals surface area contributed by atoms with Gasteiger partial charge in [0.05, 0.1) is 157 Å². The molecule has 18 nitrogen and oxygen atoms in total. The molecule has 59 heavy (non-hydrogen) atoms. The van der Waals surface area contributed by atoms with Crippen LogP contribution in [0.4, 0.5) is 0 Å². The van der Waals surface area contributed by atoms with Crippen molar-refractivity contribution in [3.05, 3.63) is 12.3 Å². The van der Waals surface area contributed by atoms with Crippen molar-refractivity contribution in [1.29, 1.82) is 0 Å². The zero-order valence-electron chi connectivity index (χ0n) is 37.1. The monoisotopic (exact) mass is 856 g/mol. The van der Waals surface area contributed by atoms with E-state index in [1.165, 1.54) is 0 Å². The lowest BCUT2D eigenvalue weighted by molar-refractivity contribution is -0.128. The number of ether oxygens (including phenoxy) is 13. The Morgan fingerprint density at radius 2 is 0.915 bits per heavy atom. The first-order valence-electron chi connectivity index (χ1n) is 21.2. The molecule has 2 amide bonds. The largest absolute Gasteiger partial charge is 0.386 e. The molecule has 0 aliphatic rings. The number of hydrogen-bond acceptors (Lipinski definition) is 16. The molecule has 0 rings (SSSR count). The first-order chi connectivity index (χ1) is 28.7. The van der Waals surface area contributed by atoms with Crippen molar-refractivity contribution in [2.75, 3.05) is 179 Å². The predicted octanol–water partition coefficient (Wildman–Crippen LogP) is 1.77. The molecule has 0 fully saturated rings. The van der Waals surface area contributed by atoms with E-state index in [-0.39, 0.29) is 57.4 Å². The number of carbonyl (C=O) groups is 2. The summed E-state index contributed by atoms with van der Waals surface area (Å²) in [6.07, 6.45) is 1.94. The fraction of sp³-hybridized carbons (Fsp3) is 0.902.